The lowest BCUT2D eigenvalue weighted by molar-refractivity contribution is 0.0859. The van der Waals surface area contributed by atoms with E-state index in [1.165, 1.54) is 18.3 Å². The number of pyridine rings is 1. The number of carbonyl (C=O) groups is 1. The third-order valence-electron chi connectivity index (χ3n) is 4.72. The number of nitrogens with zero attached hydrogens (tertiary/aromatic N) is 2. The molecule has 2 heterocycles. The molecule has 2 aromatic carbocycles. The highest BCUT2D eigenvalue weighted by molar-refractivity contribution is 6.09. The predicted octanol–water partition coefficient (Wildman–Crippen LogP) is 2.67. The fourth-order valence-corrected chi connectivity index (χ4v) is 3.35. The number of nitrogen functional groups attached to an aromatic ring is 1. The van der Waals surface area contributed by atoms with Crippen LogP contribution in [0.2, 0.25) is 0 Å². The van der Waals surface area contributed by atoms with Crippen molar-refractivity contribution in [3.05, 3.63) is 60.0 Å². The average molecular weight is 350 g/mol. The summed E-state index contributed by atoms with van der Waals surface area (Å²) in [6.07, 6.45) is 1.51. The van der Waals surface area contributed by atoms with Gasteiger partial charge in [-0.15, -0.1) is 0 Å². The Hall–Kier alpha value is -2.99. The normalized spacial score (nSPS) is 15.0. The summed E-state index contributed by atoms with van der Waals surface area (Å²) in [7, 11) is 2.01. The van der Waals surface area contributed by atoms with E-state index >= 15 is 0 Å². The molecule has 0 radical (unpaired) electrons. The summed E-state index contributed by atoms with van der Waals surface area (Å²) in [4.78, 5) is 18.9. The van der Waals surface area contributed by atoms with Crippen LogP contribution < -0.4 is 11.1 Å². The summed E-state index contributed by atoms with van der Waals surface area (Å²) in [6, 6.07) is 12.1. The molecule has 0 spiro atoms. The van der Waals surface area contributed by atoms with Gasteiger partial charge in [0.2, 0.25) is 0 Å². The molecule has 5 nitrogen and oxygen atoms in total. The van der Waals surface area contributed by atoms with Crippen molar-refractivity contribution in [1.82, 2.24) is 15.2 Å². The largest absolute Gasteiger partial charge is 0.383 e. The van der Waals surface area contributed by atoms with Gasteiger partial charge in [0.1, 0.15) is 11.6 Å². The van der Waals surface area contributed by atoms with Crippen LogP contribution in [0.5, 0.6) is 0 Å². The standard InChI is InChI=1S/C20H19FN4O/c1-25-10-15(11-25)24-20(26)18-9-23-19(22)17-8-13(5-6-16(17)18)12-3-2-4-14(21)7-12/h2-9,15H,10-11H2,1H3,(H2,22,23)(H,24,26). The van der Waals surface area contributed by atoms with Gasteiger partial charge in [-0.1, -0.05) is 24.3 Å². The van der Waals surface area contributed by atoms with Crippen LogP contribution in [0.3, 0.4) is 0 Å². The lowest BCUT2D eigenvalue weighted by atomic mass is 9.99. The molecule has 4 rings (SSSR count). The first kappa shape index (κ1) is 16.5. The summed E-state index contributed by atoms with van der Waals surface area (Å²) in [5, 5.41) is 4.44. The molecule has 0 unspecified atom stereocenters. The molecule has 0 atom stereocenters. The number of amides is 1. The van der Waals surface area contributed by atoms with E-state index in [0.29, 0.717) is 16.8 Å². The minimum atomic E-state index is -0.299. The first-order valence-electron chi connectivity index (χ1n) is 8.45. The Morgan fingerprint density at radius 3 is 2.69 bits per heavy atom. The molecule has 0 bridgehead atoms. The van der Waals surface area contributed by atoms with Crippen molar-refractivity contribution >= 4 is 22.5 Å². The van der Waals surface area contributed by atoms with Gasteiger partial charge < -0.3 is 16.0 Å². The molecular formula is C20H19FN4O. The molecule has 1 aromatic heterocycles. The number of likely N-dealkylation sites (N-methyl/N-ethyl adjacent to an activating group) is 1. The maximum atomic E-state index is 13.5. The first-order valence-corrected chi connectivity index (χ1v) is 8.45. The SMILES string of the molecule is CN1CC(NC(=O)c2cnc(N)c3cc(-c4cccc(F)c4)ccc23)C1. The molecule has 6 heteroatoms. The summed E-state index contributed by atoms with van der Waals surface area (Å²) in [6.45, 7) is 1.69. The quantitative estimate of drug-likeness (QED) is 0.762. The smallest absolute Gasteiger partial charge is 0.253 e. The summed E-state index contributed by atoms with van der Waals surface area (Å²) in [5.74, 6) is -0.107. The van der Waals surface area contributed by atoms with Crippen LogP contribution in [-0.4, -0.2) is 42.0 Å². The molecule has 1 aliphatic rings. The van der Waals surface area contributed by atoms with Crippen molar-refractivity contribution in [3.63, 3.8) is 0 Å². The van der Waals surface area contributed by atoms with Gasteiger partial charge in [0, 0.05) is 24.7 Å². The van der Waals surface area contributed by atoms with E-state index in [-0.39, 0.29) is 17.8 Å². The monoisotopic (exact) mass is 350 g/mol. The minimum Gasteiger partial charge on any atom is -0.383 e. The fourth-order valence-electron chi connectivity index (χ4n) is 3.35. The zero-order chi connectivity index (χ0) is 18.3. The highest BCUT2D eigenvalue weighted by atomic mass is 19.1. The van der Waals surface area contributed by atoms with Crippen LogP contribution in [-0.2, 0) is 0 Å². The Bertz CT molecular complexity index is 998. The third kappa shape index (κ3) is 2.99. The molecule has 1 fully saturated rings. The maximum Gasteiger partial charge on any atom is 0.253 e. The van der Waals surface area contributed by atoms with Crippen molar-refractivity contribution in [1.29, 1.82) is 0 Å². The van der Waals surface area contributed by atoms with Gasteiger partial charge in [-0.25, -0.2) is 9.37 Å². The molecule has 3 aromatic rings. The van der Waals surface area contributed by atoms with Gasteiger partial charge in [-0.3, -0.25) is 4.79 Å². The number of halogens is 1. The highest BCUT2D eigenvalue weighted by Gasteiger charge is 2.25. The number of anilines is 1. The van der Waals surface area contributed by atoms with Crippen LogP contribution in [0.15, 0.2) is 48.7 Å². The summed E-state index contributed by atoms with van der Waals surface area (Å²) >= 11 is 0. The number of fused-ring (bicyclic) bond motifs is 1. The molecule has 3 N–H and O–H groups in total. The van der Waals surface area contributed by atoms with Crippen molar-refractivity contribution in [2.24, 2.45) is 0 Å². The Morgan fingerprint density at radius 1 is 1.19 bits per heavy atom. The zero-order valence-electron chi connectivity index (χ0n) is 14.4. The number of carbonyl (C=O) groups excluding carboxylic acids is 1. The van der Waals surface area contributed by atoms with E-state index in [2.05, 4.69) is 15.2 Å². The zero-order valence-corrected chi connectivity index (χ0v) is 14.4. The minimum absolute atomic E-state index is 0.154. The topological polar surface area (TPSA) is 71.2 Å². The maximum absolute atomic E-state index is 13.5. The van der Waals surface area contributed by atoms with Gasteiger partial charge >= 0.3 is 0 Å². The van der Waals surface area contributed by atoms with Crippen molar-refractivity contribution in [3.8, 4) is 11.1 Å². The Labute approximate surface area is 150 Å². The van der Waals surface area contributed by atoms with Crippen LogP contribution >= 0.6 is 0 Å². The number of hydrogen-bond acceptors (Lipinski definition) is 4. The average Bonchev–Trinajstić information content (AvgIpc) is 2.60. The Morgan fingerprint density at radius 2 is 1.96 bits per heavy atom. The number of nitrogens with one attached hydrogen (secondary N) is 1. The lowest BCUT2D eigenvalue weighted by Gasteiger charge is -2.36. The van der Waals surface area contributed by atoms with E-state index in [1.54, 1.807) is 6.07 Å². The second-order valence-electron chi connectivity index (χ2n) is 6.72. The molecular weight excluding hydrogens is 331 g/mol. The number of likely N-dealkylation sites (tertiary alicyclic amines) is 1. The second kappa shape index (κ2) is 6.38. The predicted molar refractivity (Wildman–Crippen MR) is 100 cm³/mol. The number of benzene rings is 2. The van der Waals surface area contributed by atoms with Crippen molar-refractivity contribution in [2.45, 2.75) is 6.04 Å². The molecule has 132 valence electrons. The van der Waals surface area contributed by atoms with E-state index in [1.807, 2.05) is 31.3 Å². The van der Waals surface area contributed by atoms with Crippen LogP contribution in [0.25, 0.3) is 21.9 Å². The number of rotatable bonds is 3. The summed E-state index contributed by atoms with van der Waals surface area (Å²) in [5.41, 5.74) is 8.10. The van der Waals surface area contributed by atoms with Crippen LogP contribution in [0.1, 0.15) is 10.4 Å². The second-order valence-corrected chi connectivity index (χ2v) is 6.72. The number of hydrogen-bond donors (Lipinski definition) is 2. The van der Waals surface area contributed by atoms with Gasteiger partial charge in [-0.05, 0) is 41.8 Å². The summed E-state index contributed by atoms with van der Waals surface area (Å²) < 4.78 is 13.5. The fraction of sp³-hybridized carbons (Fsp3) is 0.200. The highest BCUT2D eigenvalue weighted by Crippen LogP contribution is 2.29. The third-order valence-corrected chi connectivity index (χ3v) is 4.72. The molecule has 0 saturated carbocycles. The van der Waals surface area contributed by atoms with Gasteiger partial charge in [0.15, 0.2) is 0 Å². The van der Waals surface area contributed by atoms with Gasteiger partial charge in [0.25, 0.3) is 5.91 Å². The van der Waals surface area contributed by atoms with Crippen LogP contribution in [0, 0.1) is 5.82 Å². The Balaban J connectivity index is 1.72. The molecule has 1 saturated heterocycles. The molecule has 1 amide bonds. The van der Waals surface area contributed by atoms with Crippen molar-refractivity contribution in [2.75, 3.05) is 25.9 Å². The van der Waals surface area contributed by atoms with Crippen molar-refractivity contribution < 1.29 is 9.18 Å². The number of aromatic nitrogens is 1. The molecule has 1 aliphatic heterocycles. The van der Waals surface area contributed by atoms with Crippen LogP contribution in [0.4, 0.5) is 10.2 Å². The Kier molecular flexibility index (Phi) is 4.05. The first-order chi connectivity index (χ1) is 12.5. The van der Waals surface area contributed by atoms with Gasteiger partial charge in [0.05, 0.1) is 11.6 Å². The van der Waals surface area contributed by atoms with Gasteiger partial charge in [-0.2, -0.15) is 0 Å². The molecule has 0 aliphatic carbocycles. The van der Waals surface area contributed by atoms with E-state index in [9.17, 15) is 9.18 Å². The van der Waals surface area contributed by atoms with E-state index in [0.717, 1.165) is 29.6 Å². The number of nitrogens with two attached hydrogens (primary N) is 1. The van der Waals surface area contributed by atoms with E-state index < -0.39 is 0 Å². The lowest BCUT2D eigenvalue weighted by Crippen LogP contribution is -2.57. The van der Waals surface area contributed by atoms with E-state index in [4.69, 9.17) is 5.73 Å². The molecule has 26 heavy (non-hydrogen) atoms.